The standard InChI is InChI=1S/C7H12O/c1-2-4-6-7(8-6)5-3-1/h6-7H,1-5H2/t6-,7-/m0/s1. The number of rotatable bonds is 0. The SMILES string of the molecule is C1CC[C@@H]2O[C@H]2CC1. The Morgan fingerprint density at radius 2 is 1.50 bits per heavy atom. The van der Waals surface area contributed by atoms with E-state index in [2.05, 4.69) is 0 Å². The quantitative estimate of drug-likeness (QED) is 0.435. The molecule has 0 aromatic heterocycles. The summed E-state index contributed by atoms with van der Waals surface area (Å²) in [5.74, 6) is 0. The van der Waals surface area contributed by atoms with E-state index < -0.39 is 0 Å². The van der Waals surface area contributed by atoms with Gasteiger partial charge in [-0.25, -0.2) is 0 Å². The lowest BCUT2D eigenvalue weighted by Gasteiger charge is -1.90. The lowest BCUT2D eigenvalue weighted by Crippen LogP contribution is -1.87. The van der Waals surface area contributed by atoms with Crippen molar-refractivity contribution in [2.45, 2.75) is 44.3 Å². The van der Waals surface area contributed by atoms with Crippen molar-refractivity contribution in [3.05, 3.63) is 0 Å². The van der Waals surface area contributed by atoms with E-state index in [0.717, 1.165) is 0 Å². The van der Waals surface area contributed by atoms with Gasteiger partial charge in [-0.05, 0) is 12.8 Å². The van der Waals surface area contributed by atoms with E-state index in [9.17, 15) is 0 Å². The van der Waals surface area contributed by atoms with Gasteiger partial charge in [0.25, 0.3) is 0 Å². The van der Waals surface area contributed by atoms with E-state index in [4.69, 9.17) is 4.74 Å². The van der Waals surface area contributed by atoms with Crippen LogP contribution in [0.5, 0.6) is 0 Å². The van der Waals surface area contributed by atoms with Gasteiger partial charge in [0, 0.05) is 0 Å². The van der Waals surface area contributed by atoms with Gasteiger partial charge in [0.2, 0.25) is 0 Å². The van der Waals surface area contributed by atoms with Gasteiger partial charge in [-0.1, -0.05) is 19.3 Å². The fourth-order valence-corrected chi connectivity index (χ4v) is 1.55. The maximum absolute atomic E-state index is 5.36. The summed E-state index contributed by atoms with van der Waals surface area (Å²) in [7, 11) is 0. The number of epoxide rings is 1. The van der Waals surface area contributed by atoms with Gasteiger partial charge in [-0.2, -0.15) is 0 Å². The maximum atomic E-state index is 5.36. The fraction of sp³-hybridized carbons (Fsp3) is 1.00. The van der Waals surface area contributed by atoms with E-state index in [1.54, 1.807) is 0 Å². The molecule has 8 heavy (non-hydrogen) atoms. The van der Waals surface area contributed by atoms with Gasteiger partial charge in [0.1, 0.15) is 0 Å². The van der Waals surface area contributed by atoms with Crippen LogP contribution in [0.25, 0.3) is 0 Å². The zero-order valence-electron chi connectivity index (χ0n) is 5.10. The lowest BCUT2D eigenvalue weighted by molar-refractivity contribution is 0.335. The predicted molar refractivity (Wildman–Crippen MR) is 31.7 cm³/mol. The van der Waals surface area contributed by atoms with Gasteiger partial charge < -0.3 is 4.74 Å². The molecular weight excluding hydrogens is 100 g/mol. The molecule has 1 aliphatic heterocycles. The lowest BCUT2D eigenvalue weighted by atomic mass is 10.2. The Balaban J connectivity index is 1.89. The number of hydrogen-bond donors (Lipinski definition) is 0. The Morgan fingerprint density at radius 1 is 0.875 bits per heavy atom. The summed E-state index contributed by atoms with van der Waals surface area (Å²) in [4.78, 5) is 0. The van der Waals surface area contributed by atoms with Crippen LogP contribution >= 0.6 is 0 Å². The molecule has 1 heteroatoms. The third-order valence-corrected chi connectivity index (χ3v) is 2.16. The molecule has 1 saturated heterocycles. The zero-order valence-corrected chi connectivity index (χ0v) is 5.10. The van der Waals surface area contributed by atoms with Crippen molar-refractivity contribution < 1.29 is 4.74 Å². The van der Waals surface area contributed by atoms with Crippen molar-refractivity contribution in [3.63, 3.8) is 0 Å². The molecule has 1 saturated carbocycles. The second-order valence-corrected chi connectivity index (χ2v) is 2.85. The molecule has 2 fully saturated rings. The predicted octanol–water partition coefficient (Wildman–Crippen LogP) is 1.72. The summed E-state index contributed by atoms with van der Waals surface area (Å²) in [6.45, 7) is 0. The summed E-state index contributed by atoms with van der Waals surface area (Å²) in [5, 5.41) is 0. The molecule has 46 valence electrons. The van der Waals surface area contributed by atoms with Crippen LogP contribution in [-0.4, -0.2) is 12.2 Å². The zero-order chi connectivity index (χ0) is 5.40. The summed E-state index contributed by atoms with van der Waals surface area (Å²) in [5.41, 5.74) is 0. The van der Waals surface area contributed by atoms with Crippen molar-refractivity contribution in [3.8, 4) is 0 Å². The largest absolute Gasteiger partial charge is 0.370 e. The second-order valence-electron chi connectivity index (χ2n) is 2.85. The van der Waals surface area contributed by atoms with Crippen LogP contribution in [0, 0.1) is 0 Å². The minimum absolute atomic E-state index is 0.692. The molecule has 2 aliphatic rings. The molecule has 2 atom stereocenters. The normalized spacial score (nSPS) is 45.0. The fourth-order valence-electron chi connectivity index (χ4n) is 1.55. The number of hydrogen-bond acceptors (Lipinski definition) is 1. The van der Waals surface area contributed by atoms with Gasteiger partial charge in [0.05, 0.1) is 12.2 Å². The summed E-state index contributed by atoms with van der Waals surface area (Å²) in [6, 6.07) is 0. The summed E-state index contributed by atoms with van der Waals surface area (Å²) in [6.07, 6.45) is 8.31. The van der Waals surface area contributed by atoms with Crippen LogP contribution < -0.4 is 0 Å². The van der Waals surface area contributed by atoms with Crippen LogP contribution in [-0.2, 0) is 4.74 Å². The first kappa shape index (κ1) is 4.80. The molecule has 2 rings (SSSR count). The molecule has 0 unspecified atom stereocenters. The van der Waals surface area contributed by atoms with Crippen molar-refractivity contribution >= 4 is 0 Å². The molecule has 0 radical (unpaired) electrons. The highest BCUT2D eigenvalue weighted by Crippen LogP contribution is 2.34. The van der Waals surface area contributed by atoms with Gasteiger partial charge >= 0.3 is 0 Å². The summed E-state index contributed by atoms with van der Waals surface area (Å²) < 4.78 is 5.36. The molecule has 1 nitrogen and oxygen atoms in total. The van der Waals surface area contributed by atoms with E-state index in [1.807, 2.05) is 0 Å². The van der Waals surface area contributed by atoms with Crippen LogP contribution in [0.15, 0.2) is 0 Å². The van der Waals surface area contributed by atoms with Gasteiger partial charge in [-0.15, -0.1) is 0 Å². The number of ether oxygens (including phenoxy) is 1. The van der Waals surface area contributed by atoms with Crippen molar-refractivity contribution in [1.29, 1.82) is 0 Å². The Morgan fingerprint density at radius 3 is 2.12 bits per heavy atom. The van der Waals surface area contributed by atoms with Gasteiger partial charge in [-0.3, -0.25) is 0 Å². The van der Waals surface area contributed by atoms with Crippen LogP contribution in [0.3, 0.4) is 0 Å². The molecule has 0 N–H and O–H groups in total. The topological polar surface area (TPSA) is 12.5 Å². The molecule has 0 amide bonds. The van der Waals surface area contributed by atoms with Crippen LogP contribution in [0.2, 0.25) is 0 Å². The highest BCUT2D eigenvalue weighted by molar-refractivity contribution is 4.86. The molecule has 0 aromatic rings. The molecule has 1 aliphatic carbocycles. The monoisotopic (exact) mass is 112 g/mol. The Labute approximate surface area is 50.0 Å². The molecule has 1 heterocycles. The van der Waals surface area contributed by atoms with Crippen molar-refractivity contribution in [2.24, 2.45) is 0 Å². The van der Waals surface area contributed by atoms with Crippen molar-refractivity contribution in [1.82, 2.24) is 0 Å². The molecule has 0 bridgehead atoms. The molecule has 0 spiro atoms. The van der Waals surface area contributed by atoms with E-state index in [-0.39, 0.29) is 0 Å². The second kappa shape index (κ2) is 1.73. The molecule has 0 aromatic carbocycles. The average molecular weight is 112 g/mol. The first-order chi connectivity index (χ1) is 3.97. The maximum Gasteiger partial charge on any atom is 0.0841 e. The highest BCUT2D eigenvalue weighted by Gasteiger charge is 2.38. The van der Waals surface area contributed by atoms with Crippen molar-refractivity contribution in [2.75, 3.05) is 0 Å². The molecular formula is C7H12O. The third-order valence-electron chi connectivity index (χ3n) is 2.16. The third kappa shape index (κ3) is 0.752. The summed E-state index contributed by atoms with van der Waals surface area (Å²) >= 11 is 0. The van der Waals surface area contributed by atoms with Gasteiger partial charge in [0.15, 0.2) is 0 Å². The number of fused-ring (bicyclic) bond motifs is 1. The first-order valence-electron chi connectivity index (χ1n) is 3.62. The Kier molecular flexibility index (Phi) is 1.04. The Bertz CT molecular complexity index is 80.4. The van der Waals surface area contributed by atoms with E-state index >= 15 is 0 Å². The minimum atomic E-state index is 0.692. The first-order valence-corrected chi connectivity index (χ1v) is 3.62. The van der Waals surface area contributed by atoms with E-state index in [0.29, 0.717) is 12.2 Å². The average Bonchev–Trinajstić information content (AvgIpc) is 2.36. The van der Waals surface area contributed by atoms with E-state index in [1.165, 1.54) is 32.1 Å². The van der Waals surface area contributed by atoms with Crippen LogP contribution in [0.1, 0.15) is 32.1 Å². The highest BCUT2D eigenvalue weighted by atomic mass is 16.6. The van der Waals surface area contributed by atoms with Crippen LogP contribution in [0.4, 0.5) is 0 Å². The smallest absolute Gasteiger partial charge is 0.0841 e. The Hall–Kier alpha value is -0.0400. The minimum Gasteiger partial charge on any atom is -0.370 e.